The summed E-state index contributed by atoms with van der Waals surface area (Å²) in [4.78, 5) is 15.3. The largest absolute Gasteiger partial charge is 0.319 e. The van der Waals surface area contributed by atoms with Gasteiger partial charge in [0, 0.05) is 22.6 Å². The summed E-state index contributed by atoms with van der Waals surface area (Å²) in [5.74, 6) is 0. The molecule has 1 heterocycles. The standard InChI is InChI=1S/C15H17N3O2S.ClH/c1-10-4-5-11(8-13(10)18(19)20)12-9-21-14(17-12)15(16)6-2-3-7-15;/h4-5,8-9H,2-3,6-7,16H2,1H3;1H. The molecular formula is C15H18ClN3O2S. The molecule has 0 bridgehead atoms. The monoisotopic (exact) mass is 339 g/mol. The summed E-state index contributed by atoms with van der Waals surface area (Å²) in [7, 11) is 0. The summed E-state index contributed by atoms with van der Waals surface area (Å²) < 4.78 is 0. The first-order valence-electron chi connectivity index (χ1n) is 7.00. The number of aryl methyl sites for hydroxylation is 1. The van der Waals surface area contributed by atoms with E-state index in [0.29, 0.717) is 5.56 Å². The predicted octanol–water partition coefficient (Wildman–Crippen LogP) is 4.18. The van der Waals surface area contributed by atoms with Gasteiger partial charge in [0.15, 0.2) is 0 Å². The minimum absolute atomic E-state index is 0. The van der Waals surface area contributed by atoms with Crippen LogP contribution >= 0.6 is 23.7 Å². The summed E-state index contributed by atoms with van der Waals surface area (Å²) in [5.41, 5.74) is 8.44. The molecule has 0 atom stereocenters. The minimum atomic E-state index is -0.354. The first-order chi connectivity index (χ1) is 9.99. The van der Waals surface area contributed by atoms with E-state index in [9.17, 15) is 10.1 Å². The summed E-state index contributed by atoms with van der Waals surface area (Å²) in [6, 6.07) is 5.23. The van der Waals surface area contributed by atoms with E-state index in [1.807, 2.05) is 11.4 Å². The molecule has 1 aliphatic rings. The normalized spacial score (nSPS) is 16.3. The molecule has 1 aromatic heterocycles. The maximum Gasteiger partial charge on any atom is 0.272 e. The fourth-order valence-electron chi connectivity index (χ4n) is 2.82. The number of nitro benzene ring substituents is 1. The van der Waals surface area contributed by atoms with Crippen molar-refractivity contribution in [1.29, 1.82) is 0 Å². The van der Waals surface area contributed by atoms with E-state index in [0.717, 1.165) is 41.9 Å². The SMILES string of the molecule is Cc1ccc(-c2csc(C3(N)CCCC3)n2)cc1[N+](=O)[O-].Cl. The van der Waals surface area contributed by atoms with Crippen molar-refractivity contribution >= 4 is 29.4 Å². The molecule has 2 N–H and O–H groups in total. The fraction of sp³-hybridized carbons (Fsp3) is 0.400. The van der Waals surface area contributed by atoms with Crippen molar-refractivity contribution in [3.63, 3.8) is 0 Å². The van der Waals surface area contributed by atoms with Crippen molar-refractivity contribution in [2.45, 2.75) is 38.1 Å². The molecule has 1 aromatic carbocycles. The second-order valence-corrected chi connectivity index (χ2v) is 6.52. The van der Waals surface area contributed by atoms with Gasteiger partial charge in [-0.2, -0.15) is 0 Å². The minimum Gasteiger partial charge on any atom is -0.319 e. The lowest BCUT2D eigenvalue weighted by molar-refractivity contribution is -0.385. The van der Waals surface area contributed by atoms with Crippen molar-refractivity contribution in [2.24, 2.45) is 5.73 Å². The number of benzene rings is 1. The number of thiazole rings is 1. The van der Waals surface area contributed by atoms with Crippen LogP contribution in [0.1, 0.15) is 36.3 Å². The molecule has 0 radical (unpaired) electrons. The Morgan fingerprint density at radius 3 is 2.68 bits per heavy atom. The Labute approximate surface area is 139 Å². The number of nitrogens with two attached hydrogens (primary N) is 1. The van der Waals surface area contributed by atoms with Crippen molar-refractivity contribution in [1.82, 2.24) is 4.98 Å². The number of nitrogens with zero attached hydrogens (tertiary/aromatic N) is 2. The molecule has 1 aliphatic carbocycles. The van der Waals surface area contributed by atoms with Crippen LogP contribution in [0.4, 0.5) is 5.69 Å². The molecule has 118 valence electrons. The van der Waals surface area contributed by atoms with Gasteiger partial charge in [0.05, 0.1) is 16.2 Å². The van der Waals surface area contributed by atoms with Crippen LogP contribution in [0.25, 0.3) is 11.3 Å². The van der Waals surface area contributed by atoms with E-state index < -0.39 is 0 Å². The van der Waals surface area contributed by atoms with Crippen molar-refractivity contribution in [2.75, 3.05) is 0 Å². The van der Waals surface area contributed by atoms with E-state index >= 15 is 0 Å². The number of hydrogen-bond donors (Lipinski definition) is 1. The summed E-state index contributed by atoms with van der Waals surface area (Å²) in [6.07, 6.45) is 4.21. The Morgan fingerprint density at radius 2 is 2.05 bits per heavy atom. The van der Waals surface area contributed by atoms with Crippen LogP contribution in [0.2, 0.25) is 0 Å². The quantitative estimate of drug-likeness (QED) is 0.671. The maximum absolute atomic E-state index is 11.0. The Hall–Kier alpha value is -1.50. The lowest BCUT2D eigenvalue weighted by atomic mass is 10.0. The first-order valence-corrected chi connectivity index (χ1v) is 7.88. The van der Waals surface area contributed by atoms with Gasteiger partial charge in [0.2, 0.25) is 0 Å². The van der Waals surface area contributed by atoms with E-state index in [1.165, 1.54) is 0 Å². The molecule has 0 spiro atoms. The molecule has 7 heteroatoms. The molecule has 22 heavy (non-hydrogen) atoms. The van der Waals surface area contributed by atoms with Crippen LogP contribution in [-0.4, -0.2) is 9.91 Å². The van der Waals surface area contributed by atoms with Gasteiger partial charge >= 0.3 is 0 Å². The van der Waals surface area contributed by atoms with Crippen LogP contribution in [0, 0.1) is 17.0 Å². The zero-order valence-electron chi connectivity index (χ0n) is 12.2. The molecule has 1 saturated carbocycles. The fourth-order valence-corrected chi connectivity index (χ4v) is 3.82. The molecule has 1 fully saturated rings. The van der Waals surface area contributed by atoms with Crippen LogP contribution in [0.15, 0.2) is 23.6 Å². The third kappa shape index (κ3) is 2.99. The van der Waals surface area contributed by atoms with E-state index in [1.54, 1.807) is 30.4 Å². The highest BCUT2D eigenvalue weighted by atomic mass is 35.5. The Morgan fingerprint density at radius 1 is 1.36 bits per heavy atom. The lowest BCUT2D eigenvalue weighted by Crippen LogP contribution is -2.32. The van der Waals surface area contributed by atoms with E-state index in [2.05, 4.69) is 4.98 Å². The molecule has 0 saturated heterocycles. The Kier molecular flexibility index (Phi) is 4.84. The average Bonchev–Trinajstić information content (AvgIpc) is 3.08. The lowest BCUT2D eigenvalue weighted by Gasteiger charge is -2.19. The second-order valence-electron chi connectivity index (χ2n) is 5.66. The van der Waals surface area contributed by atoms with Gasteiger partial charge in [-0.05, 0) is 19.8 Å². The average molecular weight is 340 g/mol. The van der Waals surface area contributed by atoms with Crippen LogP contribution < -0.4 is 5.73 Å². The molecule has 5 nitrogen and oxygen atoms in total. The Balaban J connectivity index is 0.00000176. The Bertz CT molecular complexity index is 696. The molecular weight excluding hydrogens is 322 g/mol. The maximum atomic E-state index is 11.0. The molecule has 0 aliphatic heterocycles. The van der Waals surface area contributed by atoms with Gasteiger partial charge in [-0.25, -0.2) is 4.98 Å². The number of nitro groups is 1. The number of halogens is 1. The van der Waals surface area contributed by atoms with E-state index in [-0.39, 0.29) is 28.6 Å². The summed E-state index contributed by atoms with van der Waals surface area (Å²) in [5, 5.41) is 13.9. The molecule has 2 aromatic rings. The predicted molar refractivity (Wildman–Crippen MR) is 90.5 cm³/mol. The van der Waals surface area contributed by atoms with Crippen molar-refractivity contribution in [3.05, 3.63) is 44.3 Å². The number of rotatable bonds is 3. The highest BCUT2D eigenvalue weighted by Gasteiger charge is 2.34. The van der Waals surface area contributed by atoms with Gasteiger partial charge in [-0.1, -0.05) is 25.0 Å². The zero-order valence-corrected chi connectivity index (χ0v) is 13.9. The van der Waals surface area contributed by atoms with Gasteiger partial charge in [0.25, 0.3) is 5.69 Å². The van der Waals surface area contributed by atoms with Crippen LogP contribution in [-0.2, 0) is 5.54 Å². The highest BCUT2D eigenvalue weighted by molar-refractivity contribution is 7.10. The summed E-state index contributed by atoms with van der Waals surface area (Å²) in [6.45, 7) is 1.74. The smallest absolute Gasteiger partial charge is 0.272 e. The molecule has 0 unspecified atom stereocenters. The van der Waals surface area contributed by atoms with Crippen LogP contribution in [0.3, 0.4) is 0 Å². The first kappa shape index (κ1) is 16.9. The number of aromatic nitrogens is 1. The second kappa shape index (κ2) is 6.32. The topological polar surface area (TPSA) is 82.0 Å². The van der Waals surface area contributed by atoms with Crippen molar-refractivity contribution < 1.29 is 4.92 Å². The number of hydrogen-bond acceptors (Lipinski definition) is 5. The highest BCUT2D eigenvalue weighted by Crippen LogP contribution is 2.39. The third-order valence-electron chi connectivity index (χ3n) is 4.13. The van der Waals surface area contributed by atoms with Crippen molar-refractivity contribution in [3.8, 4) is 11.3 Å². The molecule has 3 rings (SSSR count). The zero-order chi connectivity index (χ0) is 15.0. The van der Waals surface area contributed by atoms with Gasteiger partial charge < -0.3 is 5.73 Å². The van der Waals surface area contributed by atoms with Gasteiger partial charge in [-0.3, -0.25) is 10.1 Å². The molecule has 0 amide bonds. The van der Waals surface area contributed by atoms with Gasteiger partial charge in [0.1, 0.15) is 5.01 Å². The van der Waals surface area contributed by atoms with E-state index in [4.69, 9.17) is 5.73 Å². The third-order valence-corrected chi connectivity index (χ3v) is 5.19. The van der Waals surface area contributed by atoms with Gasteiger partial charge in [-0.15, -0.1) is 23.7 Å². The van der Waals surface area contributed by atoms with Crippen LogP contribution in [0.5, 0.6) is 0 Å². The summed E-state index contributed by atoms with van der Waals surface area (Å²) >= 11 is 1.55.